The second-order valence-corrected chi connectivity index (χ2v) is 7.08. The van der Waals surface area contributed by atoms with Gasteiger partial charge in [0.05, 0.1) is 22.3 Å². The van der Waals surface area contributed by atoms with Crippen LogP contribution in [0.25, 0.3) is 11.0 Å². The second-order valence-electron chi connectivity index (χ2n) is 7.08. The molecule has 0 atom stereocenters. The van der Waals surface area contributed by atoms with Crippen LogP contribution < -0.4 is 4.90 Å². The Kier molecular flexibility index (Phi) is 4.93. The average molecular weight is 386 g/mol. The van der Waals surface area contributed by atoms with Crippen molar-refractivity contribution in [1.82, 2.24) is 14.9 Å². The third-order valence-electron chi connectivity index (χ3n) is 5.08. The van der Waals surface area contributed by atoms with Crippen molar-refractivity contribution >= 4 is 16.9 Å². The van der Waals surface area contributed by atoms with Crippen LogP contribution in [-0.2, 0) is 12.7 Å². The van der Waals surface area contributed by atoms with Gasteiger partial charge in [-0.25, -0.2) is 9.97 Å². The summed E-state index contributed by atoms with van der Waals surface area (Å²) in [4.78, 5) is 13.9. The van der Waals surface area contributed by atoms with Crippen molar-refractivity contribution in [2.45, 2.75) is 19.6 Å². The lowest BCUT2D eigenvalue weighted by molar-refractivity contribution is -0.137. The van der Waals surface area contributed by atoms with E-state index in [2.05, 4.69) is 14.8 Å². The van der Waals surface area contributed by atoms with Gasteiger partial charge in [0.25, 0.3) is 0 Å². The molecule has 28 heavy (non-hydrogen) atoms. The van der Waals surface area contributed by atoms with Crippen molar-refractivity contribution in [3.63, 3.8) is 0 Å². The lowest BCUT2D eigenvalue weighted by Crippen LogP contribution is -2.46. The third kappa shape index (κ3) is 3.94. The number of alkyl halides is 3. The Morgan fingerprint density at radius 1 is 0.857 bits per heavy atom. The number of nitrogens with zero attached hydrogens (tertiary/aromatic N) is 4. The number of rotatable bonds is 3. The van der Waals surface area contributed by atoms with Crippen LogP contribution in [0, 0.1) is 6.92 Å². The Labute approximate surface area is 161 Å². The topological polar surface area (TPSA) is 32.3 Å². The minimum atomic E-state index is -4.29. The van der Waals surface area contributed by atoms with Gasteiger partial charge in [-0.3, -0.25) is 4.90 Å². The number of piperazine rings is 1. The van der Waals surface area contributed by atoms with E-state index in [1.807, 2.05) is 31.2 Å². The van der Waals surface area contributed by atoms with Gasteiger partial charge in [0, 0.05) is 32.7 Å². The minimum absolute atomic E-state index is 0.605. The SMILES string of the molecule is Cc1nc2ccccc2nc1N1CCN(Cc2ccc(C(F)(F)F)cc2)CC1. The molecule has 1 aliphatic rings. The Hall–Kier alpha value is -2.67. The van der Waals surface area contributed by atoms with E-state index in [0.29, 0.717) is 6.54 Å². The highest BCUT2D eigenvalue weighted by Crippen LogP contribution is 2.29. The van der Waals surface area contributed by atoms with Crippen LogP contribution >= 0.6 is 0 Å². The highest BCUT2D eigenvalue weighted by atomic mass is 19.4. The van der Waals surface area contributed by atoms with Crippen molar-refractivity contribution in [3.05, 3.63) is 65.4 Å². The van der Waals surface area contributed by atoms with Gasteiger partial charge in [-0.05, 0) is 36.8 Å². The Bertz CT molecular complexity index is 962. The van der Waals surface area contributed by atoms with Gasteiger partial charge >= 0.3 is 6.18 Å². The molecule has 1 aromatic heterocycles. The molecule has 3 aromatic rings. The molecule has 2 aromatic carbocycles. The first-order valence-electron chi connectivity index (χ1n) is 9.27. The predicted molar refractivity (Wildman–Crippen MR) is 103 cm³/mol. The van der Waals surface area contributed by atoms with Crippen LogP contribution in [0.1, 0.15) is 16.8 Å². The summed E-state index contributed by atoms with van der Waals surface area (Å²) in [6.07, 6.45) is -4.29. The number of fused-ring (bicyclic) bond motifs is 1. The smallest absolute Gasteiger partial charge is 0.353 e. The molecular weight excluding hydrogens is 365 g/mol. The van der Waals surface area contributed by atoms with Gasteiger partial charge in [0.1, 0.15) is 0 Å². The summed E-state index contributed by atoms with van der Waals surface area (Å²) in [7, 11) is 0. The van der Waals surface area contributed by atoms with Gasteiger partial charge in [-0.2, -0.15) is 13.2 Å². The molecule has 0 radical (unpaired) electrons. The summed E-state index contributed by atoms with van der Waals surface area (Å²) < 4.78 is 38.1. The van der Waals surface area contributed by atoms with Gasteiger partial charge in [-0.1, -0.05) is 24.3 Å². The Morgan fingerprint density at radius 3 is 2.07 bits per heavy atom. The van der Waals surface area contributed by atoms with Crippen LogP contribution in [0.5, 0.6) is 0 Å². The molecule has 1 saturated heterocycles. The molecule has 0 amide bonds. The lowest BCUT2D eigenvalue weighted by atomic mass is 10.1. The number of anilines is 1. The lowest BCUT2D eigenvalue weighted by Gasteiger charge is -2.36. The third-order valence-corrected chi connectivity index (χ3v) is 5.08. The number of benzene rings is 2. The quantitative estimate of drug-likeness (QED) is 0.673. The van der Waals surface area contributed by atoms with Crippen LogP contribution in [0.15, 0.2) is 48.5 Å². The monoisotopic (exact) mass is 386 g/mol. The number of aromatic nitrogens is 2. The van der Waals surface area contributed by atoms with E-state index in [4.69, 9.17) is 4.98 Å². The standard InChI is InChI=1S/C21H21F3N4/c1-15-20(26-19-5-3-2-4-18(19)25-15)28-12-10-27(11-13-28)14-16-6-8-17(9-7-16)21(22,23)24/h2-9H,10-14H2,1H3. The van der Waals surface area contributed by atoms with Crippen molar-refractivity contribution in [1.29, 1.82) is 0 Å². The molecule has 146 valence electrons. The number of hydrogen-bond acceptors (Lipinski definition) is 4. The first-order valence-corrected chi connectivity index (χ1v) is 9.27. The molecule has 1 fully saturated rings. The number of halogens is 3. The molecule has 4 rings (SSSR count). The van der Waals surface area contributed by atoms with Gasteiger partial charge < -0.3 is 4.90 Å². The van der Waals surface area contributed by atoms with E-state index in [1.54, 1.807) is 12.1 Å². The maximum atomic E-state index is 12.7. The number of aryl methyl sites for hydroxylation is 1. The van der Waals surface area contributed by atoms with E-state index >= 15 is 0 Å². The summed E-state index contributed by atoms with van der Waals surface area (Å²) >= 11 is 0. The predicted octanol–water partition coefficient (Wildman–Crippen LogP) is 4.28. The zero-order valence-electron chi connectivity index (χ0n) is 15.6. The maximum absolute atomic E-state index is 12.7. The fourth-order valence-electron chi connectivity index (χ4n) is 3.55. The highest BCUT2D eigenvalue weighted by molar-refractivity contribution is 5.76. The van der Waals surface area contributed by atoms with Crippen molar-refractivity contribution in [2.24, 2.45) is 0 Å². The second kappa shape index (κ2) is 7.39. The average Bonchev–Trinajstić information content (AvgIpc) is 2.68. The Balaban J connectivity index is 1.40. The van der Waals surface area contributed by atoms with E-state index in [1.165, 1.54) is 0 Å². The fraction of sp³-hybridized carbons (Fsp3) is 0.333. The largest absolute Gasteiger partial charge is 0.416 e. The van der Waals surface area contributed by atoms with E-state index < -0.39 is 11.7 Å². The van der Waals surface area contributed by atoms with Crippen LogP contribution in [0.3, 0.4) is 0 Å². The summed E-state index contributed by atoms with van der Waals surface area (Å²) in [5.74, 6) is 0.910. The van der Waals surface area contributed by atoms with Crippen molar-refractivity contribution in [2.75, 3.05) is 31.1 Å². The molecule has 4 nitrogen and oxygen atoms in total. The summed E-state index contributed by atoms with van der Waals surface area (Å²) in [6.45, 7) is 5.91. The zero-order chi connectivity index (χ0) is 19.7. The molecule has 7 heteroatoms. The van der Waals surface area contributed by atoms with Crippen LogP contribution in [0.2, 0.25) is 0 Å². The molecule has 0 unspecified atom stereocenters. The van der Waals surface area contributed by atoms with Crippen molar-refractivity contribution in [3.8, 4) is 0 Å². The number of hydrogen-bond donors (Lipinski definition) is 0. The summed E-state index contributed by atoms with van der Waals surface area (Å²) in [5.41, 5.74) is 2.98. The van der Waals surface area contributed by atoms with Gasteiger partial charge in [-0.15, -0.1) is 0 Å². The maximum Gasteiger partial charge on any atom is 0.416 e. The van der Waals surface area contributed by atoms with Gasteiger partial charge in [0.15, 0.2) is 5.82 Å². The van der Waals surface area contributed by atoms with Crippen LogP contribution in [0.4, 0.5) is 19.0 Å². The molecule has 0 aliphatic carbocycles. The van der Waals surface area contributed by atoms with Gasteiger partial charge in [0.2, 0.25) is 0 Å². The molecule has 0 N–H and O–H groups in total. The molecule has 0 spiro atoms. The molecule has 2 heterocycles. The summed E-state index contributed by atoms with van der Waals surface area (Å²) in [5, 5.41) is 0. The van der Waals surface area contributed by atoms with Crippen LogP contribution in [-0.4, -0.2) is 41.0 Å². The first kappa shape index (κ1) is 18.7. The number of para-hydroxylation sites is 2. The summed E-state index contributed by atoms with van der Waals surface area (Å²) in [6, 6.07) is 13.3. The molecular formula is C21H21F3N4. The highest BCUT2D eigenvalue weighted by Gasteiger charge is 2.30. The molecule has 0 saturated carbocycles. The molecule has 1 aliphatic heterocycles. The molecule has 0 bridgehead atoms. The minimum Gasteiger partial charge on any atom is -0.353 e. The Morgan fingerprint density at radius 2 is 1.46 bits per heavy atom. The first-order chi connectivity index (χ1) is 13.4. The fourth-order valence-corrected chi connectivity index (χ4v) is 3.55. The van der Waals surface area contributed by atoms with E-state index in [0.717, 1.165) is 66.4 Å². The van der Waals surface area contributed by atoms with E-state index in [-0.39, 0.29) is 0 Å². The van der Waals surface area contributed by atoms with E-state index in [9.17, 15) is 13.2 Å². The zero-order valence-corrected chi connectivity index (χ0v) is 15.6. The normalized spacial score (nSPS) is 15.9. The van der Waals surface area contributed by atoms with Crippen molar-refractivity contribution < 1.29 is 13.2 Å².